The highest BCUT2D eigenvalue weighted by Gasteiger charge is 1.92. The highest BCUT2D eigenvalue weighted by atomic mass is 14.9. The molecule has 0 rings (SSSR count). The van der Waals surface area contributed by atoms with Gasteiger partial charge in [0.25, 0.3) is 0 Å². The topological polar surface area (TPSA) is 24.1 Å². The molecule has 1 atom stereocenters. The van der Waals surface area contributed by atoms with Gasteiger partial charge in [0, 0.05) is 12.6 Å². The molecule has 8 heavy (non-hydrogen) atoms. The summed E-state index contributed by atoms with van der Waals surface area (Å²) in [6.07, 6.45) is 0. The molecule has 0 unspecified atom stereocenters. The molecule has 2 N–H and O–H groups in total. The summed E-state index contributed by atoms with van der Waals surface area (Å²) in [7, 11) is 1.97. The van der Waals surface area contributed by atoms with E-state index in [-0.39, 0.29) is 0 Å². The summed E-state index contributed by atoms with van der Waals surface area (Å²) in [5.41, 5.74) is 0. The summed E-state index contributed by atoms with van der Waals surface area (Å²) >= 11 is 0. The van der Waals surface area contributed by atoms with Crippen LogP contribution >= 0.6 is 0 Å². The average Bonchev–Trinajstić information content (AvgIpc) is 1.83. The largest absolute Gasteiger partial charge is 0.316 e. The zero-order valence-electron chi connectivity index (χ0n) is 5.99. The van der Waals surface area contributed by atoms with Crippen molar-refractivity contribution in [2.75, 3.05) is 20.1 Å². The van der Waals surface area contributed by atoms with Gasteiger partial charge in [0.05, 0.1) is 0 Å². The van der Waals surface area contributed by atoms with Crippen LogP contribution in [0.1, 0.15) is 13.8 Å². The third-order valence-electron chi connectivity index (χ3n) is 1.19. The summed E-state index contributed by atoms with van der Waals surface area (Å²) in [5, 5.41) is 6.37. The molecule has 0 radical (unpaired) electrons. The quantitative estimate of drug-likeness (QED) is 0.548. The van der Waals surface area contributed by atoms with Crippen molar-refractivity contribution in [3.05, 3.63) is 0 Å². The van der Waals surface area contributed by atoms with Gasteiger partial charge in [-0.1, -0.05) is 6.92 Å². The van der Waals surface area contributed by atoms with Crippen molar-refractivity contribution in [2.45, 2.75) is 19.9 Å². The molecule has 0 aromatic rings. The fourth-order valence-electron chi connectivity index (χ4n) is 0.463. The van der Waals surface area contributed by atoms with E-state index in [4.69, 9.17) is 0 Å². The van der Waals surface area contributed by atoms with Crippen molar-refractivity contribution in [1.82, 2.24) is 10.6 Å². The summed E-state index contributed by atoms with van der Waals surface area (Å²) < 4.78 is 0. The van der Waals surface area contributed by atoms with E-state index in [2.05, 4.69) is 24.5 Å². The number of nitrogens with one attached hydrogen (secondary N) is 2. The predicted molar refractivity (Wildman–Crippen MR) is 37.1 cm³/mol. The Balaban J connectivity index is 2.86. The molecular formula is C6H16N2. The molecule has 0 saturated carbocycles. The highest BCUT2D eigenvalue weighted by molar-refractivity contribution is 4.58. The summed E-state index contributed by atoms with van der Waals surface area (Å²) in [4.78, 5) is 0. The minimum absolute atomic E-state index is 0.593. The second-order valence-electron chi connectivity index (χ2n) is 2.00. The van der Waals surface area contributed by atoms with E-state index in [0.717, 1.165) is 13.1 Å². The van der Waals surface area contributed by atoms with Gasteiger partial charge in [0.2, 0.25) is 0 Å². The maximum Gasteiger partial charge on any atom is 0.0161 e. The summed E-state index contributed by atoms with van der Waals surface area (Å²) in [6.45, 7) is 6.39. The number of likely N-dealkylation sites (N-methyl/N-ethyl adjacent to an activating group) is 2. The van der Waals surface area contributed by atoms with Gasteiger partial charge in [-0.3, -0.25) is 0 Å². The Morgan fingerprint density at radius 1 is 1.50 bits per heavy atom. The summed E-state index contributed by atoms with van der Waals surface area (Å²) in [5.74, 6) is 0. The first-order chi connectivity index (χ1) is 3.81. The number of rotatable bonds is 4. The number of hydrogen-bond donors (Lipinski definition) is 2. The monoisotopic (exact) mass is 116 g/mol. The molecule has 0 spiro atoms. The molecule has 0 aliphatic carbocycles. The van der Waals surface area contributed by atoms with E-state index in [1.54, 1.807) is 0 Å². The Morgan fingerprint density at radius 2 is 2.12 bits per heavy atom. The fraction of sp³-hybridized carbons (Fsp3) is 1.00. The van der Waals surface area contributed by atoms with Crippen molar-refractivity contribution >= 4 is 0 Å². The molecular weight excluding hydrogens is 100 g/mol. The maximum absolute atomic E-state index is 3.24. The Kier molecular flexibility index (Phi) is 5.01. The second-order valence-corrected chi connectivity index (χ2v) is 2.00. The predicted octanol–water partition coefficient (Wildman–Crippen LogP) is 0.204. The number of hydrogen-bond acceptors (Lipinski definition) is 2. The normalized spacial score (nSPS) is 13.9. The van der Waals surface area contributed by atoms with E-state index < -0.39 is 0 Å². The summed E-state index contributed by atoms with van der Waals surface area (Å²) in [6, 6.07) is 0.593. The SMILES string of the molecule is CCNC[C@@H](C)NC. The first kappa shape index (κ1) is 7.92. The lowest BCUT2D eigenvalue weighted by Crippen LogP contribution is -2.33. The molecule has 0 aliphatic rings. The third-order valence-corrected chi connectivity index (χ3v) is 1.19. The van der Waals surface area contributed by atoms with Crippen LogP contribution in [0.5, 0.6) is 0 Å². The highest BCUT2D eigenvalue weighted by Crippen LogP contribution is 1.72. The van der Waals surface area contributed by atoms with Crippen molar-refractivity contribution in [3.8, 4) is 0 Å². The Bertz CT molecular complexity index is 45.8. The van der Waals surface area contributed by atoms with Gasteiger partial charge >= 0.3 is 0 Å². The van der Waals surface area contributed by atoms with Crippen LogP contribution in [0.4, 0.5) is 0 Å². The second kappa shape index (κ2) is 5.06. The third kappa shape index (κ3) is 4.09. The zero-order valence-corrected chi connectivity index (χ0v) is 5.99. The first-order valence-corrected chi connectivity index (χ1v) is 3.19. The van der Waals surface area contributed by atoms with Crippen molar-refractivity contribution in [3.63, 3.8) is 0 Å². The van der Waals surface area contributed by atoms with Crippen LogP contribution < -0.4 is 10.6 Å². The van der Waals surface area contributed by atoms with Crippen LogP contribution in [-0.2, 0) is 0 Å². The lowest BCUT2D eigenvalue weighted by molar-refractivity contribution is 0.552. The van der Waals surface area contributed by atoms with Crippen LogP contribution in [0.15, 0.2) is 0 Å². The van der Waals surface area contributed by atoms with Gasteiger partial charge in [0.15, 0.2) is 0 Å². The molecule has 0 heterocycles. The Morgan fingerprint density at radius 3 is 2.50 bits per heavy atom. The minimum Gasteiger partial charge on any atom is -0.316 e. The van der Waals surface area contributed by atoms with Gasteiger partial charge in [-0.25, -0.2) is 0 Å². The minimum atomic E-state index is 0.593. The van der Waals surface area contributed by atoms with Gasteiger partial charge < -0.3 is 10.6 Å². The van der Waals surface area contributed by atoms with Gasteiger partial charge in [-0.05, 0) is 20.5 Å². The molecule has 0 bridgehead atoms. The maximum atomic E-state index is 3.24. The van der Waals surface area contributed by atoms with Crippen LogP contribution in [0.3, 0.4) is 0 Å². The molecule has 2 nitrogen and oxygen atoms in total. The van der Waals surface area contributed by atoms with Gasteiger partial charge in [-0.2, -0.15) is 0 Å². The smallest absolute Gasteiger partial charge is 0.0161 e. The van der Waals surface area contributed by atoms with E-state index in [1.165, 1.54) is 0 Å². The van der Waals surface area contributed by atoms with Crippen molar-refractivity contribution in [2.24, 2.45) is 0 Å². The van der Waals surface area contributed by atoms with Crippen molar-refractivity contribution < 1.29 is 0 Å². The van der Waals surface area contributed by atoms with Crippen LogP contribution in [0.2, 0.25) is 0 Å². The van der Waals surface area contributed by atoms with Crippen LogP contribution in [0.25, 0.3) is 0 Å². The Hall–Kier alpha value is -0.0800. The van der Waals surface area contributed by atoms with E-state index in [0.29, 0.717) is 6.04 Å². The fourth-order valence-corrected chi connectivity index (χ4v) is 0.463. The average molecular weight is 116 g/mol. The van der Waals surface area contributed by atoms with E-state index in [9.17, 15) is 0 Å². The molecule has 0 aromatic heterocycles. The molecule has 0 aliphatic heterocycles. The van der Waals surface area contributed by atoms with Gasteiger partial charge in [0.1, 0.15) is 0 Å². The lowest BCUT2D eigenvalue weighted by Gasteiger charge is -2.08. The lowest BCUT2D eigenvalue weighted by atomic mass is 10.3. The molecule has 2 heteroatoms. The van der Waals surface area contributed by atoms with E-state index in [1.807, 2.05) is 7.05 Å². The van der Waals surface area contributed by atoms with Crippen LogP contribution in [-0.4, -0.2) is 26.2 Å². The zero-order chi connectivity index (χ0) is 6.41. The molecule has 0 fully saturated rings. The molecule has 50 valence electrons. The van der Waals surface area contributed by atoms with Gasteiger partial charge in [-0.15, -0.1) is 0 Å². The standard InChI is InChI=1S/C6H16N2/c1-4-8-5-6(2)7-3/h6-8H,4-5H2,1-3H3/t6-/m1/s1. The molecule has 0 saturated heterocycles. The van der Waals surface area contributed by atoms with Crippen LogP contribution in [0, 0.1) is 0 Å². The van der Waals surface area contributed by atoms with E-state index >= 15 is 0 Å². The Labute approximate surface area is 51.7 Å². The van der Waals surface area contributed by atoms with Crippen molar-refractivity contribution in [1.29, 1.82) is 0 Å². The molecule has 0 amide bonds. The first-order valence-electron chi connectivity index (χ1n) is 3.19. The molecule has 0 aromatic carbocycles.